The van der Waals surface area contributed by atoms with E-state index in [2.05, 4.69) is 42.5 Å². The molecule has 0 N–H and O–H groups in total. The highest BCUT2D eigenvalue weighted by molar-refractivity contribution is 5.91. The fourth-order valence-corrected chi connectivity index (χ4v) is 3.88. The first kappa shape index (κ1) is 12.6. The molecule has 0 atom stereocenters. The van der Waals surface area contributed by atoms with E-state index in [1.54, 1.807) is 0 Å². The van der Waals surface area contributed by atoms with Crippen LogP contribution >= 0.6 is 0 Å². The fourth-order valence-electron chi connectivity index (χ4n) is 3.88. The molecule has 0 amide bonds. The minimum Gasteiger partial charge on any atom is -0.345 e. The number of hydrogen-bond donors (Lipinski definition) is 0. The molecule has 0 saturated heterocycles. The predicted octanol–water partition coefficient (Wildman–Crippen LogP) is 4.17. The van der Waals surface area contributed by atoms with Crippen molar-refractivity contribution in [3.8, 4) is 0 Å². The van der Waals surface area contributed by atoms with Gasteiger partial charge in [-0.2, -0.15) is 10.2 Å². The van der Waals surface area contributed by atoms with E-state index in [0.29, 0.717) is 6.04 Å². The van der Waals surface area contributed by atoms with Crippen molar-refractivity contribution in [2.45, 2.75) is 65.8 Å². The summed E-state index contributed by atoms with van der Waals surface area (Å²) in [5, 5.41) is 11.3. The molecular formula is C16H23N3. The molecular weight excluding hydrogens is 234 g/mol. The van der Waals surface area contributed by atoms with Gasteiger partial charge in [0.2, 0.25) is 0 Å². The summed E-state index contributed by atoms with van der Waals surface area (Å²) in [5.74, 6) is 0. The normalized spacial score (nSPS) is 17.3. The highest BCUT2D eigenvalue weighted by Crippen LogP contribution is 2.36. The average Bonchev–Trinajstić information content (AvgIpc) is 2.68. The average molecular weight is 257 g/mol. The van der Waals surface area contributed by atoms with Gasteiger partial charge in [-0.15, -0.1) is 0 Å². The van der Waals surface area contributed by atoms with Crippen LogP contribution in [0.25, 0.3) is 10.8 Å². The van der Waals surface area contributed by atoms with E-state index < -0.39 is 0 Å². The van der Waals surface area contributed by atoms with E-state index in [0.717, 1.165) is 11.4 Å². The Morgan fingerprint density at radius 2 is 1.26 bits per heavy atom. The van der Waals surface area contributed by atoms with Gasteiger partial charge in [0, 0.05) is 28.2 Å². The molecule has 0 bridgehead atoms. The molecule has 2 aromatic rings. The summed E-state index contributed by atoms with van der Waals surface area (Å²) in [6.45, 7) is 8.65. The number of rotatable bonds is 1. The van der Waals surface area contributed by atoms with Crippen molar-refractivity contribution >= 4 is 10.8 Å². The number of fused-ring (bicyclic) bond motifs is 1. The van der Waals surface area contributed by atoms with E-state index in [1.165, 1.54) is 54.3 Å². The third kappa shape index (κ3) is 1.87. The molecule has 2 aromatic heterocycles. The quantitative estimate of drug-likeness (QED) is 0.767. The second kappa shape index (κ2) is 4.62. The van der Waals surface area contributed by atoms with Gasteiger partial charge < -0.3 is 4.57 Å². The Hall–Kier alpha value is -1.38. The first-order valence-corrected chi connectivity index (χ1v) is 7.42. The van der Waals surface area contributed by atoms with Gasteiger partial charge in [0.1, 0.15) is 0 Å². The summed E-state index contributed by atoms with van der Waals surface area (Å²) in [4.78, 5) is 0. The van der Waals surface area contributed by atoms with Crippen LogP contribution in [0.3, 0.4) is 0 Å². The smallest absolute Gasteiger partial charge is 0.0696 e. The zero-order chi connectivity index (χ0) is 13.6. The van der Waals surface area contributed by atoms with Crippen molar-refractivity contribution in [1.29, 1.82) is 0 Å². The molecule has 1 aliphatic rings. The maximum absolute atomic E-state index is 4.30. The molecule has 3 nitrogen and oxygen atoms in total. The van der Waals surface area contributed by atoms with Gasteiger partial charge in [0.05, 0.1) is 11.4 Å². The largest absolute Gasteiger partial charge is 0.345 e. The topological polar surface area (TPSA) is 30.7 Å². The third-order valence-electron chi connectivity index (χ3n) is 4.71. The summed E-state index contributed by atoms with van der Waals surface area (Å²) in [7, 11) is 0. The number of hydrogen-bond acceptors (Lipinski definition) is 2. The first-order chi connectivity index (χ1) is 9.11. The van der Waals surface area contributed by atoms with Crippen molar-refractivity contribution in [2.24, 2.45) is 0 Å². The molecule has 2 heterocycles. The van der Waals surface area contributed by atoms with Crippen molar-refractivity contribution in [2.75, 3.05) is 0 Å². The van der Waals surface area contributed by atoms with Crippen LogP contribution in [0, 0.1) is 27.7 Å². The summed E-state index contributed by atoms with van der Waals surface area (Å²) in [6.07, 6.45) is 6.78. The van der Waals surface area contributed by atoms with Gasteiger partial charge in [-0.25, -0.2) is 0 Å². The van der Waals surface area contributed by atoms with E-state index in [9.17, 15) is 0 Å². The van der Waals surface area contributed by atoms with Crippen LogP contribution in [-0.2, 0) is 0 Å². The van der Waals surface area contributed by atoms with Gasteiger partial charge in [-0.3, -0.25) is 0 Å². The second-order valence-electron chi connectivity index (χ2n) is 5.95. The Bertz CT molecular complexity index is 574. The zero-order valence-corrected chi connectivity index (χ0v) is 12.5. The minimum absolute atomic E-state index is 0.681. The Balaban J connectivity index is 2.25. The number of nitrogens with zero attached hydrogens (tertiary/aromatic N) is 3. The SMILES string of the molecule is Cc1nnc(C)c2c(C)n(C3CCCCC3)c(C)c12. The van der Waals surface area contributed by atoms with Crippen LogP contribution in [-0.4, -0.2) is 14.8 Å². The lowest BCUT2D eigenvalue weighted by molar-refractivity contribution is 0.346. The van der Waals surface area contributed by atoms with Crippen LogP contribution in [0.2, 0.25) is 0 Å². The zero-order valence-electron chi connectivity index (χ0n) is 12.5. The van der Waals surface area contributed by atoms with Gasteiger partial charge in [-0.1, -0.05) is 19.3 Å². The molecule has 1 saturated carbocycles. The van der Waals surface area contributed by atoms with Crippen LogP contribution < -0.4 is 0 Å². The maximum Gasteiger partial charge on any atom is 0.0696 e. The molecule has 0 spiro atoms. The van der Waals surface area contributed by atoms with Crippen LogP contribution in [0.5, 0.6) is 0 Å². The highest BCUT2D eigenvalue weighted by atomic mass is 15.1. The lowest BCUT2D eigenvalue weighted by Gasteiger charge is -2.26. The second-order valence-corrected chi connectivity index (χ2v) is 5.95. The lowest BCUT2D eigenvalue weighted by Crippen LogP contribution is -2.15. The Morgan fingerprint density at radius 3 is 1.74 bits per heavy atom. The molecule has 0 aliphatic heterocycles. The Morgan fingerprint density at radius 1 is 0.789 bits per heavy atom. The third-order valence-corrected chi connectivity index (χ3v) is 4.71. The maximum atomic E-state index is 4.30. The van der Waals surface area contributed by atoms with Crippen molar-refractivity contribution in [1.82, 2.24) is 14.8 Å². The number of aryl methyl sites for hydroxylation is 4. The summed E-state index contributed by atoms with van der Waals surface area (Å²) in [6, 6.07) is 0.681. The number of aromatic nitrogens is 3. The standard InChI is InChI=1S/C16H23N3/c1-10-15-12(3)19(14-8-6-5-7-9-14)13(4)16(15)11(2)18-17-10/h14H,5-9H2,1-4H3. The van der Waals surface area contributed by atoms with Gasteiger partial charge in [0.25, 0.3) is 0 Å². The highest BCUT2D eigenvalue weighted by Gasteiger charge is 2.23. The van der Waals surface area contributed by atoms with Crippen molar-refractivity contribution in [3.63, 3.8) is 0 Å². The molecule has 3 rings (SSSR count). The molecule has 1 aliphatic carbocycles. The molecule has 3 heteroatoms. The van der Waals surface area contributed by atoms with E-state index in [4.69, 9.17) is 0 Å². The molecule has 0 aromatic carbocycles. The first-order valence-electron chi connectivity index (χ1n) is 7.42. The van der Waals surface area contributed by atoms with E-state index >= 15 is 0 Å². The fraction of sp³-hybridized carbons (Fsp3) is 0.625. The Labute approximate surface area is 115 Å². The van der Waals surface area contributed by atoms with Crippen LogP contribution in [0.1, 0.15) is 60.9 Å². The van der Waals surface area contributed by atoms with Gasteiger partial charge in [0.15, 0.2) is 0 Å². The van der Waals surface area contributed by atoms with Gasteiger partial charge >= 0.3 is 0 Å². The van der Waals surface area contributed by atoms with Gasteiger partial charge in [-0.05, 0) is 40.5 Å². The van der Waals surface area contributed by atoms with Crippen molar-refractivity contribution in [3.05, 3.63) is 22.8 Å². The van der Waals surface area contributed by atoms with Crippen LogP contribution in [0.4, 0.5) is 0 Å². The Kier molecular flexibility index (Phi) is 3.08. The monoisotopic (exact) mass is 257 g/mol. The van der Waals surface area contributed by atoms with E-state index in [-0.39, 0.29) is 0 Å². The molecule has 0 unspecified atom stereocenters. The predicted molar refractivity (Wildman–Crippen MR) is 78.6 cm³/mol. The van der Waals surface area contributed by atoms with Crippen LogP contribution in [0.15, 0.2) is 0 Å². The summed E-state index contributed by atoms with van der Waals surface area (Å²) < 4.78 is 2.56. The molecule has 19 heavy (non-hydrogen) atoms. The van der Waals surface area contributed by atoms with E-state index in [1.807, 2.05) is 0 Å². The van der Waals surface area contributed by atoms with Crippen molar-refractivity contribution < 1.29 is 0 Å². The molecule has 0 radical (unpaired) electrons. The molecule has 1 fully saturated rings. The summed E-state index contributed by atoms with van der Waals surface area (Å²) in [5.41, 5.74) is 4.90. The lowest BCUT2D eigenvalue weighted by atomic mass is 9.95. The molecule has 102 valence electrons. The minimum atomic E-state index is 0.681. The summed E-state index contributed by atoms with van der Waals surface area (Å²) >= 11 is 0.